The summed E-state index contributed by atoms with van der Waals surface area (Å²) in [6.07, 6.45) is 3.41. The standard InChI is InChI=1S/C12H22N4O/c1-3-16-6-4-5-10(8-16)7-11-14-12(9(2)13)15-17-11/h9-10H,3-8,13H2,1-2H3. The molecule has 2 rings (SSSR count). The maximum absolute atomic E-state index is 5.71. The van der Waals surface area contributed by atoms with Crippen LogP contribution in [0.15, 0.2) is 4.52 Å². The highest BCUT2D eigenvalue weighted by atomic mass is 16.5. The van der Waals surface area contributed by atoms with Crippen LogP contribution < -0.4 is 5.73 Å². The quantitative estimate of drug-likeness (QED) is 0.858. The second-order valence-corrected chi connectivity index (χ2v) is 4.94. The van der Waals surface area contributed by atoms with E-state index >= 15 is 0 Å². The molecule has 1 aromatic heterocycles. The largest absolute Gasteiger partial charge is 0.339 e. The molecule has 0 spiro atoms. The van der Waals surface area contributed by atoms with Crippen molar-refractivity contribution in [3.63, 3.8) is 0 Å². The number of nitrogens with two attached hydrogens (primary N) is 1. The molecule has 0 radical (unpaired) electrons. The van der Waals surface area contributed by atoms with Gasteiger partial charge in [-0.05, 0) is 38.8 Å². The lowest BCUT2D eigenvalue weighted by atomic mass is 9.95. The SMILES string of the molecule is CCN1CCCC(Cc2nc(C(C)N)no2)C1. The van der Waals surface area contributed by atoms with E-state index in [2.05, 4.69) is 22.0 Å². The fraction of sp³-hybridized carbons (Fsp3) is 0.833. The van der Waals surface area contributed by atoms with Crippen LogP contribution in [0.3, 0.4) is 0 Å². The van der Waals surface area contributed by atoms with Crippen molar-refractivity contribution in [1.29, 1.82) is 0 Å². The number of nitrogens with zero attached hydrogens (tertiary/aromatic N) is 3. The number of aromatic nitrogens is 2. The number of hydrogen-bond acceptors (Lipinski definition) is 5. The van der Waals surface area contributed by atoms with E-state index in [1.54, 1.807) is 0 Å². The van der Waals surface area contributed by atoms with E-state index in [-0.39, 0.29) is 6.04 Å². The molecule has 17 heavy (non-hydrogen) atoms. The molecule has 2 atom stereocenters. The van der Waals surface area contributed by atoms with Crippen LogP contribution in [0.2, 0.25) is 0 Å². The summed E-state index contributed by atoms with van der Waals surface area (Å²) in [6.45, 7) is 7.58. The van der Waals surface area contributed by atoms with Crippen LogP contribution in [0.5, 0.6) is 0 Å². The highest BCUT2D eigenvalue weighted by Gasteiger charge is 2.21. The van der Waals surface area contributed by atoms with Crippen LogP contribution in [0.4, 0.5) is 0 Å². The lowest BCUT2D eigenvalue weighted by Gasteiger charge is -2.31. The third kappa shape index (κ3) is 3.26. The number of likely N-dealkylation sites (tertiary alicyclic amines) is 1. The summed E-state index contributed by atoms with van der Waals surface area (Å²) >= 11 is 0. The smallest absolute Gasteiger partial charge is 0.227 e. The first kappa shape index (κ1) is 12.5. The zero-order valence-corrected chi connectivity index (χ0v) is 10.7. The Morgan fingerprint density at radius 3 is 3.06 bits per heavy atom. The van der Waals surface area contributed by atoms with Gasteiger partial charge in [0.25, 0.3) is 0 Å². The zero-order valence-electron chi connectivity index (χ0n) is 10.7. The van der Waals surface area contributed by atoms with E-state index in [0.29, 0.717) is 11.7 Å². The van der Waals surface area contributed by atoms with Gasteiger partial charge in [-0.15, -0.1) is 0 Å². The summed E-state index contributed by atoms with van der Waals surface area (Å²) in [4.78, 5) is 6.82. The van der Waals surface area contributed by atoms with Crippen molar-refractivity contribution in [2.75, 3.05) is 19.6 Å². The average molecular weight is 238 g/mol. The molecule has 2 heterocycles. The van der Waals surface area contributed by atoms with Crippen molar-refractivity contribution in [3.05, 3.63) is 11.7 Å². The molecule has 0 amide bonds. The summed E-state index contributed by atoms with van der Waals surface area (Å²) < 4.78 is 5.24. The second kappa shape index (κ2) is 5.60. The first-order chi connectivity index (χ1) is 8.19. The minimum Gasteiger partial charge on any atom is -0.339 e. The highest BCUT2D eigenvalue weighted by molar-refractivity contribution is 4.92. The van der Waals surface area contributed by atoms with Crippen LogP contribution in [-0.2, 0) is 6.42 Å². The summed E-state index contributed by atoms with van der Waals surface area (Å²) in [5, 5.41) is 3.90. The molecule has 1 aliphatic rings. The lowest BCUT2D eigenvalue weighted by Crippen LogP contribution is -2.35. The topological polar surface area (TPSA) is 68.2 Å². The third-order valence-electron chi connectivity index (χ3n) is 3.40. The Bertz CT molecular complexity index is 350. The Morgan fingerprint density at radius 2 is 2.41 bits per heavy atom. The van der Waals surface area contributed by atoms with Gasteiger partial charge in [0.2, 0.25) is 5.89 Å². The minimum atomic E-state index is -0.147. The zero-order chi connectivity index (χ0) is 12.3. The fourth-order valence-electron chi connectivity index (χ4n) is 2.39. The lowest BCUT2D eigenvalue weighted by molar-refractivity contribution is 0.174. The van der Waals surface area contributed by atoms with Gasteiger partial charge in [-0.2, -0.15) is 4.98 Å². The van der Waals surface area contributed by atoms with Crippen molar-refractivity contribution in [2.24, 2.45) is 11.7 Å². The van der Waals surface area contributed by atoms with Gasteiger partial charge in [-0.25, -0.2) is 0 Å². The monoisotopic (exact) mass is 238 g/mol. The summed E-state index contributed by atoms with van der Waals surface area (Å²) in [6, 6.07) is -0.147. The van der Waals surface area contributed by atoms with Crippen LogP contribution in [0.25, 0.3) is 0 Å². The van der Waals surface area contributed by atoms with Crippen LogP contribution in [0, 0.1) is 5.92 Å². The molecule has 0 saturated carbocycles. The van der Waals surface area contributed by atoms with Crippen molar-refractivity contribution in [3.8, 4) is 0 Å². The molecule has 0 aliphatic carbocycles. The van der Waals surface area contributed by atoms with E-state index in [0.717, 1.165) is 25.4 Å². The number of hydrogen-bond donors (Lipinski definition) is 1. The summed E-state index contributed by atoms with van der Waals surface area (Å²) in [5.74, 6) is 1.99. The Labute approximate surface area is 102 Å². The minimum absolute atomic E-state index is 0.147. The summed E-state index contributed by atoms with van der Waals surface area (Å²) in [7, 11) is 0. The van der Waals surface area contributed by atoms with Gasteiger partial charge in [-0.1, -0.05) is 12.1 Å². The van der Waals surface area contributed by atoms with Crippen molar-refractivity contribution in [1.82, 2.24) is 15.0 Å². The van der Waals surface area contributed by atoms with Gasteiger partial charge in [0.15, 0.2) is 5.82 Å². The first-order valence-corrected chi connectivity index (χ1v) is 6.49. The number of piperidine rings is 1. The molecule has 0 aromatic carbocycles. The molecule has 1 aliphatic heterocycles. The molecule has 5 heteroatoms. The average Bonchev–Trinajstić information content (AvgIpc) is 2.78. The van der Waals surface area contributed by atoms with Gasteiger partial charge in [0.05, 0.1) is 6.04 Å². The van der Waals surface area contributed by atoms with Crippen LogP contribution in [-0.4, -0.2) is 34.7 Å². The van der Waals surface area contributed by atoms with Gasteiger partial charge in [0.1, 0.15) is 0 Å². The molecule has 1 saturated heterocycles. The molecule has 0 bridgehead atoms. The van der Waals surface area contributed by atoms with Crippen molar-refractivity contribution in [2.45, 2.75) is 39.2 Å². The number of rotatable bonds is 4. The molecule has 96 valence electrons. The van der Waals surface area contributed by atoms with E-state index in [1.165, 1.54) is 19.4 Å². The van der Waals surface area contributed by atoms with E-state index < -0.39 is 0 Å². The molecular weight excluding hydrogens is 216 g/mol. The third-order valence-corrected chi connectivity index (χ3v) is 3.40. The first-order valence-electron chi connectivity index (χ1n) is 6.49. The Morgan fingerprint density at radius 1 is 1.59 bits per heavy atom. The van der Waals surface area contributed by atoms with Crippen molar-refractivity contribution < 1.29 is 4.52 Å². The molecule has 1 fully saturated rings. The maximum Gasteiger partial charge on any atom is 0.227 e. The van der Waals surface area contributed by atoms with Crippen LogP contribution in [0.1, 0.15) is 44.4 Å². The fourth-order valence-corrected chi connectivity index (χ4v) is 2.39. The van der Waals surface area contributed by atoms with Gasteiger partial charge in [-0.3, -0.25) is 0 Å². The highest BCUT2D eigenvalue weighted by Crippen LogP contribution is 2.20. The Balaban J connectivity index is 1.91. The molecule has 2 N–H and O–H groups in total. The van der Waals surface area contributed by atoms with E-state index in [1.807, 2.05) is 6.92 Å². The Hall–Kier alpha value is -0.940. The van der Waals surface area contributed by atoms with Crippen LogP contribution >= 0.6 is 0 Å². The van der Waals surface area contributed by atoms with E-state index in [9.17, 15) is 0 Å². The summed E-state index contributed by atoms with van der Waals surface area (Å²) in [5.41, 5.74) is 5.71. The second-order valence-electron chi connectivity index (χ2n) is 4.94. The molecular formula is C12H22N4O. The predicted octanol–water partition coefficient (Wildman–Crippen LogP) is 1.36. The molecule has 2 unspecified atom stereocenters. The van der Waals surface area contributed by atoms with Crippen molar-refractivity contribution >= 4 is 0 Å². The molecule has 5 nitrogen and oxygen atoms in total. The molecule has 1 aromatic rings. The van der Waals surface area contributed by atoms with Gasteiger partial charge < -0.3 is 15.2 Å². The maximum atomic E-state index is 5.71. The Kier molecular flexibility index (Phi) is 4.12. The normalized spacial score (nSPS) is 23.8. The predicted molar refractivity (Wildman–Crippen MR) is 65.4 cm³/mol. The van der Waals surface area contributed by atoms with Gasteiger partial charge >= 0.3 is 0 Å². The van der Waals surface area contributed by atoms with Gasteiger partial charge in [0, 0.05) is 13.0 Å². The van der Waals surface area contributed by atoms with E-state index in [4.69, 9.17) is 10.3 Å².